The number of amides is 2. The normalized spacial score (nSPS) is 14.1. The van der Waals surface area contributed by atoms with Crippen molar-refractivity contribution in [2.45, 2.75) is 12.8 Å². The molecule has 0 fully saturated rings. The van der Waals surface area contributed by atoms with Crippen LogP contribution in [0.25, 0.3) is 0 Å². The Morgan fingerprint density at radius 3 is 1.49 bits per heavy atom. The third-order valence-electron chi connectivity index (χ3n) is 6.53. The van der Waals surface area contributed by atoms with Gasteiger partial charge in [-0.1, -0.05) is 0 Å². The Balaban J connectivity index is 2.00. The second-order valence-electron chi connectivity index (χ2n) is 8.87. The maximum absolute atomic E-state index is 16.5. The number of halogens is 6. The van der Waals surface area contributed by atoms with E-state index in [2.05, 4.69) is 10.6 Å². The number of nitrogens with one attached hydrogen (secondary N) is 2. The molecule has 0 bridgehead atoms. The third-order valence-corrected chi connectivity index (χ3v) is 14.8. The quantitative estimate of drug-likeness (QED) is 0.173. The second-order valence-corrected chi connectivity index (χ2v) is 15.5. The summed E-state index contributed by atoms with van der Waals surface area (Å²) >= 11 is 5.90. The Bertz CT molecular complexity index is 1370. The number of allylic oxidation sites excluding steroid dienone is 8. The summed E-state index contributed by atoms with van der Waals surface area (Å²) in [5, 5.41) is 4.46. The minimum absolute atomic E-state index is 0.00628. The molecule has 6 nitrogen and oxygen atoms in total. The first kappa shape index (κ1) is 30.9. The number of rotatable bonds is 10. The van der Waals surface area contributed by atoms with E-state index in [1.165, 1.54) is 0 Å². The molecule has 13 heteroatoms. The topological polar surface area (TPSA) is 76.7 Å². The fraction of sp³-hybridized carbons (Fsp3) is 0.214. The Labute approximate surface area is 247 Å². The van der Waals surface area contributed by atoms with Crippen LogP contribution in [0.15, 0.2) is 68.5 Å². The summed E-state index contributed by atoms with van der Waals surface area (Å²) < 4.78 is 74.4. The summed E-state index contributed by atoms with van der Waals surface area (Å²) in [6.07, 6.45) is 8.26. The van der Waals surface area contributed by atoms with E-state index in [9.17, 15) is 9.59 Å². The van der Waals surface area contributed by atoms with Gasteiger partial charge in [0.2, 0.25) is 0 Å². The molecule has 0 saturated carbocycles. The molecule has 0 unspecified atom stereocenters. The molecular weight excluding hydrogens is 623 g/mol. The van der Waals surface area contributed by atoms with Crippen LogP contribution in [0.4, 0.5) is 38.5 Å². The predicted octanol–water partition coefficient (Wildman–Crippen LogP) is 6.61. The average Bonchev–Trinajstić information content (AvgIpc) is 3.69. The van der Waals surface area contributed by atoms with Crippen LogP contribution in [0, 0.1) is 23.3 Å². The first-order valence-corrected chi connectivity index (χ1v) is 16.6. The molecule has 0 aliphatic heterocycles. The van der Waals surface area contributed by atoms with Crippen LogP contribution in [0.3, 0.4) is 0 Å². The van der Waals surface area contributed by atoms with Crippen molar-refractivity contribution in [1.29, 1.82) is 0 Å². The van der Waals surface area contributed by atoms with E-state index < -0.39 is 71.2 Å². The predicted molar refractivity (Wildman–Crippen MR) is 147 cm³/mol. The molecule has 2 aliphatic rings. The monoisotopic (exact) mass is 646 g/mol. The van der Waals surface area contributed by atoms with Gasteiger partial charge in [0.1, 0.15) is 0 Å². The van der Waals surface area contributed by atoms with E-state index in [1.54, 1.807) is 36.5 Å². The Hall–Kier alpha value is -3.05. The van der Waals surface area contributed by atoms with Crippen LogP contribution < -0.4 is 18.4 Å². The molecule has 216 valence electrons. The van der Waals surface area contributed by atoms with Crippen LogP contribution in [0.1, 0.15) is 12.8 Å². The molecule has 0 saturated heterocycles. The molecule has 2 amide bonds. The van der Waals surface area contributed by atoms with Crippen molar-refractivity contribution in [3.63, 3.8) is 0 Å². The molecule has 2 N–H and O–H groups in total. The van der Waals surface area contributed by atoms with Crippen LogP contribution in [0.5, 0.6) is 0 Å². The number of carbonyl (C=O) groups is 2. The van der Waals surface area contributed by atoms with Crippen molar-refractivity contribution in [3.05, 3.63) is 91.7 Å². The number of anilines is 2. The zero-order valence-electron chi connectivity index (χ0n) is 21.4. The van der Waals surface area contributed by atoms with Gasteiger partial charge in [0, 0.05) is 0 Å². The van der Waals surface area contributed by atoms with Crippen molar-refractivity contribution in [1.82, 2.24) is 0 Å². The zero-order chi connectivity index (χ0) is 29.6. The molecule has 2 aromatic rings. The first-order chi connectivity index (χ1) is 19.7. The summed E-state index contributed by atoms with van der Waals surface area (Å²) in [6, 6.07) is 3.87. The number of alkyl halides is 2. The van der Waals surface area contributed by atoms with Gasteiger partial charge in [0.25, 0.3) is 0 Å². The number of hydrogen-bond donors (Lipinski definition) is 2. The van der Waals surface area contributed by atoms with Crippen molar-refractivity contribution >= 4 is 54.5 Å². The van der Waals surface area contributed by atoms with Gasteiger partial charge in [-0.2, -0.15) is 0 Å². The molecular formula is C28H24Cl2F4N2O4Ti. The minimum atomic E-state index is -5.18. The number of ether oxygens (including phenoxy) is 2. The molecule has 0 atom stereocenters. The maximum atomic E-state index is 16.5. The molecule has 0 radical (unpaired) electrons. The van der Waals surface area contributed by atoms with E-state index in [-0.39, 0.29) is 37.8 Å². The van der Waals surface area contributed by atoms with Crippen LogP contribution in [0.2, 0.25) is 0 Å². The fourth-order valence-electron chi connectivity index (χ4n) is 4.96. The molecule has 0 heterocycles. The van der Waals surface area contributed by atoms with E-state index >= 15 is 17.6 Å². The molecule has 0 spiro atoms. The van der Waals surface area contributed by atoms with Gasteiger partial charge in [-0.15, -0.1) is 0 Å². The zero-order valence-corrected chi connectivity index (χ0v) is 24.5. The van der Waals surface area contributed by atoms with Crippen molar-refractivity contribution < 1.29 is 53.2 Å². The number of benzene rings is 2. The van der Waals surface area contributed by atoms with Crippen LogP contribution >= 0.6 is 23.2 Å². The summed E-state index contributed by atoms with van der Waals surface area (Å²) in [5.41, 5.74) is -0.873. The summed E-state index contributed by atoms with van der Waals surface area (Å²) in [7, 11) is 0. The van der Waals surface area contributed by atoms with Crippen molar-refractivity contribution in [2.24, 2.45) is 0 Å². The van der Waals surface area contributed by atoms with Gasteiger partial charge in [-0.3, -0.25) is 0 Å². The van der Waals surface area contributed by atoms with Gasteiger partial charge in [0.15, 0.2) is 0 Å². The Morgan fingerprint density at radius 1 is 0.732 bits per heavy atom. The van der Waals surface area contributed by atoms with Crippen LogP contribution in [-0.4, -0.2) is 37.2 Å². The Morgan fingerprint density at radius 2 is 1.15 bits per heavy atom. The number of carbonyl (C=O) groups excluding carboxylic acids is 2. The van der Waals surface area contributed by atoms with Gasteiger partial charge >= 0.3 is 248 Å². The molecule has 4 rings (SSSR count). The molecule has 2 aromatic carbocycles. The van der Waals surface area contributed by atoms with Crippen molar-refractivity contribution in [2.75, 3.05) is 35.6 Å². The molecule has 41 heavy (non-hydrogen) atoms. The van der Waals surface area contributed by atoms with Gasteiger partial charge in [-0.05, 0) is 0 Å². The van der Waals surface area contributed by atoms with E-state index in [0.29, 0.717) is 7.76 Å². The van der Waals surface area contributed by atoms with E-state index in [0.717, 1.165) is 24.3 Å². The second kappa shape index (κ2) is 13.7. The molecule has 0 aromatic heterocycles. The SMILES string of the molecule is O=C(Nc1ccc(F)[c]([Ti]([C]2=CC=CC2)([C]2=CC=CC2)[c]2c(F)ccc(NC(=O)OCCCl)c2F)c1F)OCCCl. The van der Waals surface area contributed by atoms with Gasteiger partial charge in [0.05, 0.1) is 0 Å². The molecule has 2 aliphatic carbocycles. The van der Waals surface area contributed by atoms with Gasteiger partial charge in [-0.25, -0.2) is 0 Å². The van der Waals surface area contributed by atoms with Crippen molar-refractivity contribution in [3.8, 4) is 0 Å². The third kappa shape index (κ3) is 6.26. The summed E-state index contributed by atoms with van der Waals surface area (Å²) in [5.74, 6) is -4.47. The summed E-state index contributed by atoms with van der Waals surface area (Å²) in [6.45, 7) is -0.322. The summed E-state index contributed by atoms with van der Waals surface area (Å²) in [4.78, 5) is 24.4. The van der Waals surface area contributed by atoms with E-state index in [1.807, 2.05) is 0 Å². The van der Waals surface area contributed by atoms with Crippen LogP contribution in [-0.2, 0) is 26.1 Å². The average molecular weight is 647 g/mol. The first-order valence-electron chi connectivity index (χ1n) is 12.4. The standard InChI is InChI=1S/2C9H7ClF2NO2.2C5H5.Ti/c2*10-3-4-15-9(14)13-8-2-1-6(11)5-7(8)12;2*1-2-4-5-3-1;/h2*1-2H,3-4H2,(H,13,14);2*1-3H,4H2;. The fourth-order valence-corrected chi connectivity index (χ4v) is 13.4. The van der Waals surface area contributed by atoms with E-state index in [4.69, 9.17) is 32.7 Å². The number of hydrogen-bond acceptors (Lipinski definition) is 4. The Kier molecular flexibility index (Phi) is 10.4. The van der Waals surface area contributed by atoms with Gasteiger partial charge < -0.3 is 0 Å².